The Morgan fingerprint density at radius 2 is 1.72 bits per heavy atom. The van der Waals surface area contributed by atoms with Crippen LogP contribution in [0.5, 0.6) is 11.5 Å². The summed E-state index contributed by atoms with van der Waals surface area (Å²) >= 11 is 8.78. The molecule has 3 aromatic carbocycles. The molecule has 2 N–H and O–H groups in total. The van der Waals surface area contributed by atoms with Crippen molar-refractivity contribution in [1.29, 1.82) is 0 Å². The van der Waals surface area contributed by atoms with Gasteiger partial charge in [0.2, 0.25) is 11.8 Å². The quantitative estimate of drug-likeness (QED) is 0.238. The Hall–Kier alpha value is -4.06. The van der Waals surface area contributed by atoms with Crippen molar-refractivity contribution in [1.82, 2.24) is 4.98 Å². The minimum atomic E-state index is -0.386. The van der Waals surface area contributed by atoms with Crippen LogP contribution in [0, 0.1) is 29.6 Å². The zero-order chi connectivity index (χ0) is 31.7. The summed E-state index contributed by atoms with van der Waals surface area (Å²) in [4.78, 5) is 58.2. The zero-order valence-electron chi connectivity index (χ0n) is 24.5. The molecule has 3 fully saturated rings. The summed E-state index contributed by atoms with van der Waals surface area (Å²) in [6, 6.07) is 21.6. The third-order valence-electron chi connectivity index (χ3n) is 9.77. The second-order valence-corrected chi connectivity index (χ2v) is 14.7. The highest BCUT2D eigenvalue weighted by Crippen LogP contribution is 2.68. The number of nitrogens with one attached hydrogen (secondary N) is 2. The van der Waals surface area contributed by atoms with Gasteiger partial charge in [-0.3, -0.25) is 24.1 Å². The maximum absolute atomic E-state index is 13.9. The second kappa shape index (κ2) is 11.3. The molecule has 2 aliphatic carbocycles. The molecule has 2 bridgehead atoms. The van der Waals surface area contributed by atoms with Crippen molar-refractivity contribution < 1.29 is 23.9 Å². The molecule has 46 heavy (non-hydrogen) atoms. The van der Waals surface area contributed by atoms with E-state index in [2.05, 4.69) is 10.3 Å². The molecule has 12 heteroatoms. The van der Waals surface area contributed by atoms with Gasteiger partial charge >= 0.3 is 4.87 Å². The van der Waals surface area contributed by atoms with Crippen LogP contribution in [0.1, 0.15) is 22.8 Å². The van der Waals surface area contributed by atoms with Crippen molar-refractivity contribution in [2.24, 2.45) is 29.6 Å². The van der Waals surface area contributed by atoms with Crippen LogP contribution in [0.4, 0.5) is 11.4 Å². The number of aromatic nitrogens is 1. The Bertz CT molecular complexity index is 1930. The van der Waals surface area contributed by atoms with E-state index in [-0.39, 0.29) is 70.0 Å². The Balaban J connectivity index is 1.09. The van der Waals surface area contributed by atoms with E-state index in [1.807, 2.05) is 42.5 Å². The maximum Gasteiger partial charge on any atom is 0.305 e. The number of para-hydroxylation sites is 1. The summed E-state index contributed by atoms with van der Waals surface area (Å²) in [5.74, 6) is -0.561. The number of H-pyrrole nitrogens is 1. The zero-order valence-corrected chi connectivity index (χ0v) is 26.9. The number of hydrogen-bond acceptors (Lipinski definition) is 8. The van der Waals surface area contributed by atoms with Crippen LogP contribution >= 0.6 is 34.7 Å². The average molecular weight is 674 g/mol. The highest BCUT2D eigenvalue weighted by atomic mass is 35.5. The first-order chi connectivity index (χ1) is 22.3. The van der Waals surface area contributed by atoms with Crippen molar-refractivity contribution in [3.63, 3.8) is 0 Å². The predicted octanol–water partition coefficient (Wildman–Crippen LogP) is 5.79. The van der Waals surface area contributed by atoms with Crippen molar-refractivity contribution >= 4 is 63.8 Å². The van der Waals surface area contributed by atoms with Crippen molar-refractivity contribution in [3.8, 4) is 11.5 Å². The van der Waals surface area contributed by atoms with Crippen LogP contribution < -0.4 is 24.6 Å². The van der Waals surface area contributed by atoms with E-state index >= 15 is 0 Å². The normalized spacial score (nSPS) is 27.3. The van der Waals surface area contributed by atoms with E-state index in [1.165, 1.54) is 16.2 Å². The largest absolute Gasteiger partial charge is 0.493 e. The number of carbonyl (C=O) groups is 3. The number of thiazole rings is 1. The van der Waals surface area contributed by atoms with Gasteiger partial charge in [-0.05, 0) is 78.3 Å². The van der Waals surface area contributed by atoms with E-state index in [1.54, 1.807) is 49.2 Å². The number of amides is 3. The molecule has 3 heterocycles. The molecule has 2 saturated carbocycles. The highest BCUT2D eigenvalue weighted by molar-refractivity contribution is 8.00. The molecule has 7 atom stereocenters. The maximum atomic E-state index is 13.9. The van der Waals surface area contributed by atoms with Gasteiger partial charge in [0.05, 0.1) is 29.7 Å². The van der Waals surface area contributed by atoms with Gasteiger partial charge in [-0.25, -0.2) is 0 Å². The third kappa shape index (κ3) is 4.66. The van der Waals surface area contributed by atoms with E-state index in [4.69, 9.17) is 21.1 Å². The third-order valence-corrected chi connectivity index (χ3v) is 12.6. The number of carbonyl (C=O) groups excluding carboxylic acids is 3. The fourth-order valence-electron chi connectivity index (χ4n) is 8.09. The van der Waals surface area contributed by atoms with E-state index in [0.29, 0.717) is 27.9 Å². The Morgan fingerprint density at radius 3 is 2.46 bits per heavy atom. The van der Waals surface area contributed by atoms with Gasteiger partial charge in [0.1, 0.15) is 0 Å². The van der Waals surface area contributed by atoms with Gasteiger partial charge in [0.25, 0.3) is 5.91 Å². The van der Waals surface area contributed by atoms with E-state index in [0.717, 1.165) is 21.9 Å². The Kier molecular flexibility index (Phi) is 7.23. The van der Waals surface area contributed by atoms with Crippen LogP contribution in [-0.4, -0.2) is 41.7 Å². The van der Waals surface area contributed by atoms with Crippen molar-refractivity contribution in [2.45, 2.75) is 22.6 Å². The summed E-state index contributed by atoms with van der Waals surface area (Å²) in [6.07, 6.45) is 0.800. The lowest BCUT2D eigenvalue weighted by atomic mass is 9.68. The van der Waals surface area contributed by atoms with Crippen molar-refractivity contribution in [2.75, 3.05) is 23.9 Å². The van der Waals surface area contributed by atoms with Gasteiger partial charge in [0, 0.05) is 26.8 Å². The molecule has 0 unspecified atom stereocenters. The molecular weight excluding hydrogens is 646 g/mol. The Morgan fingerprint density at radius 1 is 0.978 bits per heavy atom. The molecular formula is C34H28ClN3O6S2. The van der Waals surface area contributed by atoms with Gasteiger partial charge < -0.3 is 19.8 Å². The van der Waals surface area contributed by atoms with Crippen LogP contribution in [0.3, 0.4) is 0 Å². The monoisotopic (exact) mass is 673 g/mol. The summed E-state index contributed by atoms with van der Waals surface area (Å²) in [5.41, 5.74) is 2.15. The molecule has 1 aromatic heterocycles. The molecule has 1 saturated heterocycles. The number of hydrogen-bond donors (Lipinski definition) is 2. The van der Waals surface area contributed by atoms with E-state index < -0.39 is 0 Å². The number of anilines is 2. The highest BCUT2D eigenvalue weighted by Gasteiger charge is 2.69. The lowest BCUT2D eigenvalue weighted by Crippen LogP contribution is -2.42. The fourth-order valence-corrected chi connectivity index (χ4v) is 11.1. The van der Waals surface area contributed by atoms with Crippen LogP contribution in [0.25, 0.3) is 0 Å². The summed E-state index contributed by atoms with van der Waals surface area (Å²) < 4.78 is 11.6. The summed E-state index contributed by atoms with van der Waals surface area (Å²) in [7, 11) is 1.54. The smallest absolute Gasteiger partial charge is 0.305 e. The fraction of sp³-hybridized carbons (Fsp3) is 0.294. The van der Waals surface area contributed by atoms with Gasteiger partial charge in [-0.2, -0.15) is 0 Å². The van der Waals surface area contributed by atoms with E-state index in [9.17, 15) is 19.2 Å². The average Bonchev–Trinajstić information content (AvgIpc) is 3.80. The Labute approximate surface area is 277 Å². The molecule has 9 nitrogen and oxygen atoms in total. The number of ether oxygens (including phenoxy) is 2. The number of fused-ring (bicyclic) bond motifs is 9. The number of nitrogens with zero attached hydrogens (tertiary/aromatic N) is 1. The molecule has 4 aliphatic rings. The topological polar surface area (TPSA) is 118 Å². The standard InChI is InChI=1S/C34H28ClN3O6S2/c1-43-23-13-16(7-12-22(23)44-15-24(39)36-18-10-8-17(35)9-11-18)25-26-20-14-21(29(26)45-31-30(25)46-34(42)37-31)28-27(20)32(40)38(33(28)41)19-5-3-2-4-6-19/h2-13,20-21,25-29H,14-15H2,1H3,(H,36,39)(H,37,42)/t20-,21-,25+,26-,27+,28+,29-/m1/s1. The lowest BCUT2D eigenvalue weighted by Gasteiger charge is -2.43. The molecule has 8 rings (SSSR count). The summed E-state index contributed by atoms with van der Waals surface area (Å²) in [6.45, 7) is -0.229. The SMILES string of the molecule is COc1cc([C@@H]2c3sc(=O)[nH]c3S[C@@H]3[C@@H]4C[C@@H]([C@@H]5C(=O)N(c6ccccc6)C(=O)[C@@H]45)[C@H]23)ccc1OCC(=O)Nc1ccc(Cl)cc1. The molecule has 0 radical (unpaired) electrons. The number of methoxy groups -OCH3 is 1. The molecule has 4 aromatic rings. The van der Waals surface area contributed by atoms with Crippen LogP contribution in [-0.2, 0) is 14.4 Å². The molecule has 2 aliphatic heterocycles. The van der Waals surface area contributed by atoms with Crippen LogP contribution in [0.15, 0.2) is 82.6 Å². The number of halogens is 1. The number of thioether (sulfide) groups is 1. The minimum absolute atomic E-state index is 0.00787. The van der Waals surface area contributed by atoms with Gasteiger partial charge in [0.15, 0.2) is 18.1 Å². The molecule has 3 amide bonds. The number of benzene rings is 3. The number of imide groups is 1. The molecule has 234 valence electrons. The predicted molar refractivity (Wildman–Crippen MR) is 176 cm³/mol. The number of aromatic amines is 1. The van der Waals surface area contributed by atoms with Crippen molar-refractivity contribution in [3.05, 3.63) is 97.9 Å². The van der Waals surface area contributed by atoms with Gasteiger partial charge in [-0.1, -0.05) is 47.2 Å². The first-order valence-electron chi connectivity index (χ1n) is 15.0. The first-order valence-corrected chi connectivity index (χ1v) is 17.1. The molecule has 0 spiro atoms. The van der Waals surface area contributed by atoms with Crippen LogP contribution in [0.2, 0.25) is 5.02 Å². The number of rotatable bonds is 7. The lowest BCUT2D eigenvalue weighted by molar-refractivity contribution is -0.123. The minimum Gasteiger partial charge on any atom is -0.493 e. The summed E-state index contributed by atoms with van der Waals surface area (Å²) in [5, 5.41) is 4.26. The van der Waals surface area contributed by atoms with Gasteiger partial charge in [-0.15, -0.1) is 11.8 Å². The second-order valence-electron chi connectivity index (χ2n) is 12.1. The first kappa shape index (κ1) is 29.3.